The van der Waals surface area contributed by atoms with E-state index in [1.54, 1.807) is 11.0 Å². The average molecular weight is 341 g/mol. The maximum atomic E-state index is 14.2. The molecule has 124 valence electrons. The number of nitrogens with zero attached hydrogens (tertiary/aromatic N) is 4. The van der Waals surface area contributed by atoms with E-state index in [-0.39, 0.29) is 29.1 Å². The van der Waals surface area contributed by atoms with Crippen molar-refractivity contribution in [1.29, 1.82) is 5.26 Å². The molecule has 0 saturated carbocycles. The Morgan fingerprint density at radius 2 is 2.30 bits per heavy atom. The number of hydrogen-bond donors (Lipinski definition) is 1. The van der Waals surface area contributed by atoms with Crippen LogP contribution >= 0.6 is 11.6 Å². The summed E-state index contributed by atoms with van der Waals surface area (Å²) < 4.78 is 14.2. The topological polar surface area (TPSA) is 80.5 Å². The van der Waals surface area contributed by atoms with Crippen LogP contribution in [0.2, 0.25) is 5.15 Å². The van der Waals surface area contributed by atoms with E-state index >= 15 is 0 Å². The van der Waals surface area contributed by atoms with Crippen LogP contribution in [0, 0.1) is 23.1 Å². The van der Waals surface area contributed by atoms with Gasteiger partial charge in [0.1, 0.15) is 11.2 Å². The van der Waals surface area contributed by atoms with Crippen LogP contribution in [0.5, 0.6) is 0 Å². The minimum Gasteiger partial charge on any atom is -0.465 e. The Kier molecular flexibility index (Phi) is 5.26. The molecule has 0 aliphatic carbocycles. The molecule has 23 heavy (non-hydrogen) atoms. The van der Waals surface area contributed by atoms with Crippen molar-refractivity contribution < 1.29 is 14.3 Å². The third-order valence-electron chi connectivity index (χ3n) is 3.80. The van der Waals surface area contributed by atoms with Gasteiger partial charge in [-0.05, 0) is 18.4 Å². The third kappa shape index (κ3) is 3.82. The highest BCUT2D eigenvalue weighted by Gasteiger charge is 2.32. The lowest BCUT2D eigenvalue weighted by atomic mass is 10.0. The molecule has 2 rings (SSSR count). The minimum absolute atomic E-state index is 0.0178. The lowest BCUT2D eigenvalue weighted by Gasteiger charge is -2.41. The first-order valence-electron chi connectivity index (χ1n) is 7.34. The number of carbonyl (C=O) groups is 1. The van der Waals surface area contributed by atoms with Gasteiger partial charge in [0.2, 0.25) is 0 Å². The van der Waals surface area contributed by atoms with Gasteiger partial charge in [0.25, 0.3) is 0 Å². The standard InChI is InChI=1S/C15H18ClFN4O2/c1-9(2)5-11-8-20(3-4-21(11)15(22)23)14-12(17)6-10(7-18)13(16)19-14/h6,9,11H,3-5,8H2,1-2H3,(H,22,23). The second kappa shape index (κ2) is 7.01. The highest BCUT2D eigenvalue weighted by Crippen LogP contribution is 2.26. The minimum atomic E-state index is -0.971. The number of piperazine rings is 1. The molecule has 1 atom stereocenters. The van der Waals surface area contributed by atoms with E-state index in [9.17, 15) is 14.3 Å². The zero-order valence-corrected chi connectivity index (χ0v) is 13.7. The molecule has 1 aromatic rings. The van der Waals surface area contributed by atoms with Crippen molar-refractivity contribution in [3.05, 3.63) is 22.6 Å². The Labute approximate surface area is 139 Å². The molecular formula is C15H18ClFN4O2. The Hall–Kier alpha value is -2.07. The van der Waals surface area contributed by atoms with E-state index in [0.29, 0.717) is 25.4 Å². The highest BCUT2D eigenvalue weighted by atomic mass is 35.5. The van der Waals surface area contributed by atoms with E-state index in [1.807, 2.05) is 13.8 Å². The predicted octanol–water partition coefficient (Wildman–Crippen LogP) is 2.96. The molecule has 1 aliphatic rings. The fraction of sp³-hybridized carbons (Fsp3) is 0.533. The number of halogens is 2. The first-order chi connectivity index (χ1) is 10.8. The number of rotatable bonds is 3. The second-order valence-electron chi connectivity index (χ2n) is 5.95. The molecule has 0 bridgehead atoms. The Morgan fingerprint density at radius 1 is 1.61 bits per heavy atom. The largest absolute Gasteiger partial charge is 0.465 e. The van der Waals surface area contributed by atoms with E-state index in [4.69, 9.17) is 16.9 Å². The first-order valence-corrected chi connectivity index (χ1v) is 7.72. The SMILES string of the molecule is CC(C)CC1CN(c2nc(Cl)c(C#N)cc2F)CCN1C(=O)O. The summed E-state index contributed by atoms with van der Waals surface area (Å²) in [5.41, 5.74) is -0.0178. The molecule has 1 aliphatic heterocycles. The van der Waals surface area contributed by atoms with Crippen LogP contribution in [0.25, 0.3) is 0 Å². The number of nitriles is 1. The summed E-state index contributed by atoms with van der Waals surface area (Å²) in [6, 6.07) is 2.61. The number of carboxylic acid groups (broad SMARTS) is 1. The molecule has 1 fully saturated rings. The van der Waals surface area contributed by atoms with Crippen LogP contribution in [0.4, 0.5) is 15.0 Å². The molecule has 1 N–H and O–H groups in total. The number of amides is 1. The maximum Gasteiger partial charge on any atom is 0.407 e. The van der Waals surface area contributed by atoms with Gasteiger partial charge >= 0.3 is 6.09 Å². The van der Waals surface area contributed by atoms with Gasteiger partial charge in [-0.15, -0.1) is 0 Å². The number of pyridine rings is 1. The molecule has 8 heteroatoms. The molecule has 2 heterocycles. The summed E-state index contributed by atoms with van der Waals surface area (Å²) in [5.74, 6) is -0.255. The lowest BCUT2D eigenvalue weighted by molar-refractivity contribution is 0.110. The Balaban J connectivity index is 2.27. The first kappa shape index (κ1) is 17.3. The average Bonchev–Trinajstić information content (AvgIpc) is 2.48. The van der Waals surface area contributed by atoms with Gasteiger partial charge in [0.15, 0.2) is 11.6 Å². The smallest absolute Gasteiger partial charge is 0.407 e. The summed E-state index contributed by atoms with van der Waals surface area (Å²) in [7, 11) is 0. The quantitative estimate of drug-likeness (QED) is 0.855. The monoisotopic (exact) mass is 340 g/mol. The van der Waals surface area contributed by atoms with Gasteiger partial charge in [0.05, 0.1) is 11.6 Å². The van der Waals surface area contributed by atoms with Gasteiger partial charge in [-0.2, -0.15) is 5.26 Å². The zero-order valence-electron chi connectivity index (χ0n) is 13.0. The van der Waals surface area contributed by atoms with Crippen LogP contribution < -0.4 is 4.90 Å². The van der Waals surface area contributed by atoms with Crippen molar-refractivity contribution in [2.45, 2.75) is 26.3 Å². The van der Waals surface area contributed by atoms with Crippen molar-refractivity contribution >= 4 is 23.5 Å². The van der Waals surface area contributed by atoms with E-state index in [0.717, 1.165) is 6.07 Å². The van der Waals surface area contributed by atoms with Gasteiger partial charge < -0.3 is 14.9 Å². The number of aromatic nitrogens is 1. The lowest BCUT2D eigenvalue weighted by Crippen LogP contribution is -2.55. The van der Waals surface area contributed by atoms with Crippen LogP contribution in [-0.4, -0.2) is 46.8 Å². The van der Waals surface area contributed by atoms with Crippen molar-refractivity contribution in [2.24, 2.45) is 5.92 Å². The van der Waals surface area contributed by atoms with Crippen molar-refractivity contribution in [2.75, 3.05) is 24.5 Å². The van der Waals surface area contributed by atoms with Gasteiger partial charge in [-0.1, -0.05) is 25.4 Å². The van der Waals surface area contributed by atoms with E-state index in [2.05, 4.69) is 4.98 Å². The van der Waals surface area contributed by atoms with Crippen molar-refractivity contribution in [1.82, 2.24) is 9.88 Å². The van der Waals surface area contributed by atoms with Crippen LogP contribution in [-0.2, 0) is 0 Å². The number of hydrogen-bond acceptors (Lipinski definition) is 4. The van der Waals surface area contributed by atoms with E-state index < -0.39 is 11.9 Å². The van der Waals surface area contributed by atoms with Crippen LogP contribution in [0.1, 0.15) is 25.8 Å². The van der Waals surface area contributed by atoms with Crippen molar-refractivity contribution in [3.8, 4) is 6.07 Å². The fourth-order valence-corrected chi connectivity index (χ4v) is 2.98. The Bertz CT molecular complexity index is 647. The number of anilines is 1. The van der Waals surface area contributed by atoms with Crippen molar-refractivity contribution in [3.63, 3.8) is 0 Å². The summed E-state index contributed by atoms with van der Waals surface area (Å²) in [5, 5.41) is 18.1. The second-order valence-corrected chi connectivity index (χ2v) is 6.31. The van der Waals surface area contributed by atoms with Crippen LogP contribution in [0.3, 0.4) is 0 Å². The molecule has 0 aromatic carbocycles. The molecule has 6 nitrogen and oxygen atoms in total. The zero-order chi connectivity index (χ0) is 17.1. The summed E-state index contributed by atoms with van der Waals surface area (Å²) >= 11 is 5.89. The van der Waals surface area contributed by atoms with Gasteiger partial charge in [-0.3, -0.25) is 0 Å². The predicted molar refractivity (Wildman–Crippen MR) is 84.1 cm³/mol. The molecule has 1 unspecified atom stereocenters. The highest BCUT2D eigenvalue weighted by molar-refractivity contribution is 6.30. The van der Waals surface area contributed by atoms with Gasteiger partial charge in [-0.25, -0.2) is 14.2 Å². The summed E-state index contributed by atoms with van der Waals surface area (Å²) in [6.45, 7) is 4.96. The molecule has 1 amide bonds. The summed E-state index contributed by atoms with van der Waals surface area (Å²) in [6.07, 6.45) is -0.296. The van der Waals surface area contributed by atoms with Gasteiger partial charge in [0, 0.05) is 19.6 Å². The molecule has 0 radical (unpaired) electrons. The fourth-order valence-electron chi connectivity index (χ4n) is 2.80. The van der Waals surface area contributed by atoms with Crippen LogP contribution in [0.15, 0.2) is 6.07 Å². The maximum absolute atomic E-state index is 14.2. The molecule has 1 saturated heterocycles. The molecule has 0 spiro atoms. The summed E-state index contributed by atoms with van der Waals surface area (Å²) in [4.78, 5) is 18.4. The Morgan fingerprint density at radius 3 is 2.87 bits per heavy atom. The molecule has 1 aromatic heterocycles. The van der Waals surface area contributed by atoms with E-state index in [1.165, 1.54) is 4.90 Å². The normalized spacial score (nSPS) is 18.2. The molecular weight excluding hydrogens is 323 g/mol. The third-order valence-corrected chi connectivity index (χ3v) is 4.09.